The van der Waals surface area contributed by atoms with Gasteiger partial charge >= 0.3 is 5.97 Å². The Morgan fingerprint density at radius 3 is 2.72 bits per heavy atom. The van der Waals surface area contributed by atoms with Gasteiger partial charge in [-0.1, -0.05) is 41.6 Å². The summed E-state index contributed by atoms with van der Waals surface area (Å²) in [6.45, 7) is 1.98. The van der Waals surface area contributed by atoms with Crippen molar-refractivity contribution in [3.8, 4) is 6.07 Å². The van der Waals surface area contributed by atoms with Crippen LogP contribution in [-0.2, 0) is 9.59 Å². The Kier molecular flexibility index (Phi) is 4.95. The molecular formula is C19H18N2O3S. The van der Waals surface area contributed by atoms with Crippen molar-refractivity contribution in [2.75, 3.05) is 5.75 Å². The minimum absolute atomic E-state index is 0.0642. The average molecular weight is 354 g/mol. The Hall–Kier alpha value is -2.52. The lowest BCUT2D eigenvalue weighted by molar-refractivity contribution is -0.133. The molecule has 5 nitrogen and oxygen atoms in total. The molecule has 1 aliphatic heterocycles. The van der Waals surface area contributed by atoms with Crippen molar-refractivity contribution < 1.29 is 14.7 Å². The van der Waals surface area contributed by atoms with E-state index in [0.29, 0.717) is 22.6 Å². The van der Waals surface area contributed by atoms with Crippen LogP contribution in [0.1, 0.15) is 36.3 Å². The molecule has 0 radical (unpaired) electrons. The van der Waals surface area contributed by atoms with Crippen LogP contribution in [0, 0.1) is 18.3 Å². The second-order valence-electron chi connectivity index (χ2n) is 6.17. The van der Waals surface area contributed by atoms with E-state index in [1.165, 1.54) is 0 Å². The molecule has 2 aliphatic rings. The number of dihydropyridines is 1. The van der Waals surface area contributed by atoms with Gasteiger partial charge in [0.2, 0.25) is 0 Å². The van der Waals surface area contributed by atoms with E-state index in [4.69, 9.17) is 5.11 Å². The SMILES string of the molecule is Cc1ccc(C2C(C#N)=C(SCC(=O)O)NC3=C2C(=O)CCC3)cc1. The number of nitriles is 1. The fourth-order valence-electron chi connectivity index (χ4n) is 3.26. The second-order valence-corrected chi connectivity index (χ2v) is 7.16. The van der Waals surface area contributed by atoms with Crippen LogP contribution in [0.2, 0.25) is 0 Å². The number of thioether (sulfide) groups is 1. The van der Waals surface area contributed by atoms with Crippen LogP contribution in [0.3, 0.4) is 0 Å². The zero-order chi connectivity index (χ0) is 18.0. The molecule has 1 aliphatic carbocycles. The molecule has 6 heteroatoms. The van der Waals surface area contributed by atoms with Gasteiger partial charge in [-0.2, -0.15) is 5.26 Å². The lowest BCUT2D eigenvalue weighted by Gasteiger charge is -2.33. The summed E-state index contributed by atoms with van der Waals surface area (Å²) in [5.74, 6) is -1.44. The van der Waals surface area contributed by atoms with Crippen LogP contribution in [0.5, 0.6) is 0 Å². The van der Waals surface area contributed by atoms with E-state index in [1.807, 2.05) is 31.2 Å². The van der Waals surface area contributed by atoms with Gasteiger partial charge in [0.25, 0.3) is 0 Å². The fourth-order valence-corrected chi connectivity index (χ4v) is 4.05. The number of benzene rings is 1. The topological polar surface area (TPSA) is 90.2 Å². The Labute approximate surface area is 150 Å². The average Bonchev–Trinajstić information content (AvgIpc) is 2.59. The van der Waals surface area contributed by atoms with E-state index >= 15 is 0 Å². The number of rotatable bonds is 4. The van der Waals surface area contributed by atoms with E-state index in [0.717, 1.165) is 41.4 Å². The zero-order valence-corrected chi connectivity index (χ0v) is 14.7. The number of ketones is 1. The van der Waals surface area contributed by atoms with Gasteiger partial charge in [0.1, 0.15) is 0 Å². The van der Waals surface area contributed by atoms with Crippen molar-refractivity contribution in [3.63, 3.8) is 0 Å². The summed E-state index contributed by atoms with van der Waals surface area (Å²) in [7, 11) is 0. The molecule has 0 saturated heterocycles. The molecule has 0 aromatic heterocycles. The maximum Gasteiger partial charge on any atom is 0.313 e. The molecule has 1 unspecified atom stereocenters. The molecule has 2 N–H and O–H groups in total. The predicted octanol–water partition coefficient (Wildman–Crippen LogP) is 3.24. The summed E-state index contributed by atoms with van der Waals surface area (Å²) >= 11 is 1.10. The van der Waals surface area contributed by atoms with E-state index in [9.17, 15) is 14.9 Å². The van der Waals surface area contributed by atoms with Gasteiger partial charge in [-0.15, -0.1) is 0 Å². The van der Waals surface area contributed by atoms with E-state index < -0.39 is 11.9 Å². The molecule has 0 spiro atoms. The molecule has 0 amide bonds. The molecule has 1 aromatic carbocycles. The van der Waals surface area contributed by atoms with Crippen LogP contribution in [0.4, 0.5) is 0 Å². The first-order valence-electron chi connectivity index (χ1n) is 8.10. The smallest absolute Gasteiger partial charge is 0.313 e. The molecule has 3 rings (SSSR count). The normalized spacial score (nSPS) is 20.0. The number of allylic oxidation sites excluding steroid dienone is 3. The lowest BCUT2D eigenvalue weighted by atomic mass is 9.77. The molecule has 0 fully saturated rings. The van der Waals surface area contributed by atoms with Crippen molar-refractivity contribution in [1.29, 1.82) is 5.26 Å². The number of carbonyl (C=O) groups is 2. The van der Waals surface area contributed by atoms with Gasteiger partial charge in [-0.3, -0.25) is 9.59 Å². The molecule has 25 heavy (non-hydrogen) atoms. The number of carboxylic acids is 1. The minimum Gasteiger partial charge on any atom is -0.481 e. The number of nitrogens with zero attached hydrogens (tertiary/aromatic N) is 1. The Balaban J connectivity index is 2.11. The van der Waals surface area contributed by atoms with Crippen molar-refractivity contribution >= 4 is 23.5 Å². The fraction of sp³-hybridized carbons (Fsp3) is 0.316. The summed E-state index contributed by atoms with van der Waals surface area (Å²) < 4.78 is 0. The number of aliphatic carboxylic acids is 1. The predicted molar refractivity (Wildman–Crippen MR) is 95.7 cm³/mol. The maximum atomic E-state index is 12.6. The second kappa shape index (κ2) is 7.16. The molecule has 1 aromatic rings. The highest BCUT2D eigenvalue weighted by molar-refractivity contribution is 8.03. The van der Waals surface area contributed by atoms with E-state index in [-0.39, 0.29) is 11.5 Å². The van der Waals surface area contributed by atoms with E-state index in [2.05, 4.69) is 11.4 Å². The third-order valence-electron chi connectivity index (χ3n) is 4.41. The maximum absolute atomic E-state index is 12.6. The number of carbonyl (C=O) groups excluding carboxylic acids is 1. The van der Waals surface area contributed by atoms with Crippen molar-refractivity contribution in [1.82, 2.24) is 5.32 Å². The zero-order valence-electron chi connectivity index (χ0n) is 13.8. The summed E-state index contributed by atoms with van der Waals surface area (Å²) in [4.78, 5) is 23.5. The number of carboxylic acid groups (broad SMARTS) is 1. The third kappa shape index (κ3) is 3.47. The van der Waals surface area contributed by atoms with Gasteiger partial charge in [0.05, 0.1) is 28.3 Å². The Morgan fingerprint density at radius 1 is 1.36 bits per heavy atom. The Morgan fingerprint density at radius 2 is 2.08 bits per heavy atom. The highest BCUT2D eigenvalue weighted by atomic mass is 32.2. The summed E-state index contributed by atoms with van der Waals surface area (Å²) in [5, 5.41) is 22.4. The highest BCUT2D eigenvalue weighted by Crippen LogP contribution is 2.43. The summed E-state index contributed by atoms with van der Waals surface area (Å²) in [5.41, 5.74) is 3.90. The van der Waals surface area contributed by atoms with Gasteiger partial charge < -0.3 is 10.4 Å². The molecule has 128 valence electrons. The van der Waals surface area contributed by atoms with Crippen molar-refractivity contribution in [3.05, 3.63) is 57.3 Å². The minimum atomic E-state index is -0.942. The molecule has 0 bridgehead atoms. The first kappa shape index (κ1) is 17.3. The third-order valence-corrected chi connectivity index (χ3v) is 5.42. The summed E-state index contributed by atoms with van der Waals surface area (Å²) in [6, 6.07) is 10.0. The van der Waals surface area contributed by atoms with Crippen LogP contribution in [-0.4, -0.2) is 22.6 Å². The van der Waals surface area contributed by atoms with Crippen LogP contribution < -0.4 is 5.32 Å². The number of nitrogens with one attached hydrogen (secondary N) is 1. The van der Waals surface area contributed by atoms with E-state index in [1.54, 1.807) is 0 Å². The number of hydrogen-bond donors (Lipinski definition) is 2. The standard InChI is InChI=1S/C19H18N2O3S/c1-11-5-7-12(8-6-11)17-13(9-20)19(25-10-16(23)24)21-14-3-2-4-15(22)18(14)17/h5-8,17,21H,2-4,10H2,1H3,(H,23,24). The molecule has 1 atom stereocenters. The number of hydrogen-bond acceptors (Lipinski definition) is 5. The van der Waals surface area contributed by atoms with Crippen LogP contribution in [0.15, 0.2) is 46.1 Å². The first-order valence-corrected chi connectivity index (χ1v) is 9.08. The Bertz CT molecular complexity index is 831. The van der Waals surface area contributed by atoms with Gasteiger partial charge in [-0.05, 0) is 25.3 Å². The van der Waals surface area contributed by atoms with Gasteiger partial charge in [-0.25, -0.2) is 0 Å². The monoisotopic (exact) mass is 354 g/mol. The van der Waals surface area contributed by atoms with Gasteiger partial charge in [0.15, 0.2) is 5.78 Å². The van der Waals surface area contributed by atoms with Crippen molar-refractivity contribution in [2.45, 2.75) is 32.1 Å². The first-order chi connectivity index (χ1) is 12.0. The van der Waals surface area contributed by atoms with Crippen LogP contribution >= 0.6 is 11.8 Å². The molecular weight excluding hydrogens is 336 g/mol. The number of aryl methyl sites for hydroxylation is 1. The largest absolute Gasteiger partial charge is 0.481 e. The number of Topliss-reactive ketones (excluding diaryl/α,β-unsaturated/α-hetero) is 1. The lowest BCUT2D eigenvalue weighted by Crippen LogP contribution is -2.31. The van der Waals surface area contributed by atoms with Crippen molar-refractivity contribution in [2.24, 2.45) is 0 Å². The molecule has 1 heterocycles. The van der Waals surface area contributed by atoms with Gasteiger partial charge in [0, 0.05) is 17.7 Å². The highest BCUT2D eigenvalue weighted by Gasteiger charge is 2.37. The molecule has 0 saturated carbocycles. The van der Waals surface area contributed by atoms with Crippen LogP contribution in [0.25, 0.3) is 0 Å². The quantitative estimate of drug-likeness (QED) is 0.863. The summed E-state index contributed by atoms with van der Waals surface area (Å²) in [6.07, 6.45) is 1.99.